The molecule has 0 saturated heterocycles. The van der Waals surface area contributed by atoms with Crippen molar-refractivity contribution in [2.24, 2.45) is 0 Å². The lowest BCUT2D eigenvalue weighted by Gasteiger charge is -2.10. The van der Waals surface area contributed by atoms with E-state index in [1.54, 1.807) is 0 Å². The highest BCUT2D eigenvalue weighted by Gasteiger charge is 2.30. The molecule has 0 spiro atoms. The molecule has 0 bridgehead atoms. The van der Waals surface area contributed by atoms with Crippen molar-refractivity contribution in [1.29, 1.82) is 0 Å². The van der Waals surface area contributed by atoms with Gasteiger partial charge in [-0.15, -0.1) is 0 Å². The van der Waals surface area contributed by atoms with Crippen LogP contribution in [-0.2, 0) is 11.0 Å². The Morgan fingerprint density at radius 3 is 2.37 bits per heavy atom. The van der Waals surface area contributed by atoms with Gasteiger partial charge >= 0.3 is 6.18 Å². The van der Waals surface area contributed by atoms with Crippen molar-refractivity contribution in [3.05, 3.63) is 59.3 Å². The number of carbonyl (C=O) groups is 2. The Hall–Kier alpha value is -3.24. The maximum atomic E-state index is 13.5. The lowest BCUT2D eigenvalue weighted by Crippen LogP contribution is -2.30. The van der Waals surface area contributed by atoms with E-state index in [-0.39, 0.29) is 43.3 Å². The van der Waals surface area contributed by atoms with Gasteiger partial charge < -0.3 is 16.0 Å². The number of aromatic nitrogens is 1. The van der Waals surface area contributed by atoms with E-state index in [0.29, 0.717) is 18.7 Å². The molecular weight excluding hydrogens is 411 g/mol. The van der Waals surface area contributed by atoms with E-state index in [1.807, 2.05) is 0 Å². The average molecular weight is 430 g/mol. The number of carbonyl (C=O) groups excluding carboxylic acids is 2. The topological polar surface area (TPSA) is 83.1 Å². The molecule has 1 aromatic carbocycles. The first-order valence-electron chi connectivity index (χ1n) is 8.94. The third kappa shape index (κ3) is 7.30. The van der Waals surface area contributed by atoms with Gasteiger partial charge in [0, 0.05) is 38.3 Å². The summed E-state index contributed by atoms with van der Waals surface area (Å²) in [4.78, 5) is 27.2. The van der Waals surface area contributed by atoms with Crippen LogP contribution in [0.25, 0.3) is 0 Å². The summed E-state index contributed by atoms with van der Waals surface area (Å²) in [6, 6.07) is 4.71. The highest BCUT2D eigenvalue weighted by atomic mass is 19.4. The second-order valence-electron chi connectivity index (χ2n) is 6.19. The maximum Gasteiger partial charge on any atom is 0.417 e. The van der Waals surface area contributed by atoms with Crippen LogP contribution in [0.5, 0.6) is 0 Å². The minimum absolute atomic E-state index is 0.102. The molecule has 0 saturated carbocycles. The number of benzene rings is 1. The third-order valence-electron chi connectivity index (χ3n) is 3.89. The highest BCUT2D eigenvalue weighted by Crippen LogP contribution is 2.28. The Labute approximate surface area is 168 Å². The first-order valence-corrected chi connectivity index (χ1v) is 8.94. The molecule has 0 aliphatic carbocycles. The van der Waals surface area contributed by atoms with Crippen LogP contribution in [0.3, 0.4) is 0 Å². The summed E-state index contributed by atoms with van der Waals surface area (Å²) in [5, 5.41) is 7.81. The van der Waals surface area contributed by atoms with E-state index < -0.39 is 29.3 Å². The third-order valence-corrected chi connectivity index (χ3v) is 3.89. The van der Waals surface area contributed by atoms with E-state index in [2.05, 4.69) is 20.9 Å². The Morgan fingerprint density at radius 2 is 1.73 bits per heavy atom. The first kappa shape index (κ1) is 23.0. The Kier molecular flexibility index (Phi) is 8.07. The number of nitrogens with one attached hydrogen (secondary N) is 3. The van der Waals surface area contributed by atoms with E-state index in [0.717, 1.165) is 18.2 Å². The number of amides is 2. The van der Waals surface area contributed by atoms with Crippen molar-refractivity contribution in [3.63, 3.8) is 0 Å². The van der Waals surface area contributed by atoms with Crippen molar-refractivity contribution in [3.8, 4) is 0 Å². The zero-order chi connectivity index (χ0) is 22.1. The smallest absolute Gasteiger partial charge is 0.368 e. The van der Waals surface area contributed by atoms with E-state index >= 15 is 0 Å². The summed E-state index contributed by atoms with van der Waals surface area (Å²) in [5.74, 6) is -2.52. The van der Waals surface area contributed by atoms with Crippen molar-refractivity contribution in [1.82, 2.24) is 15.6 Å². The monoisotopic (exact) mass is 430 g/mol. The van der Waals surface area contributed by atoms with E-state index in [9.17, 15) is 31.5 Å². The fraction of sp³-hybridized carbons (Fsp3) is 0.316. The summed E-state index contributed by atoms with van der Waals surface area (Å²) in [6.45, 7) is 0.593. The van der Waals surface area contributed by atoms with Gasteiger partial charge in [-0.3, -0.25) is 9.59 Å². The van der Waals surface area contributed by atoms with Crippen LogP contribution in [0.2, 0.25) is 0 Å². The fourth-order valence-corrected chi connectivity index (χ4v) is 2.37. The molecule has 0 aliphatic rings. The Bertz CT molecular complexity index is 872. The number of nitrogens with zero attached hydrogens (tertiary/aromatic N) is 1. The Morgan fingerprint density at radius 1 is 0.967 bits per heavy atom. The van der Waals surface area contributed by atoms with Crippen LogP contribution in [0.1, 0.15) is 28.8 Å². The molecule has 2 rings (SSSR count). The van der Waals surface area contributed by atoms with Gasteiger partial charge in [0.2, 0.25) is 5.91 Å². The van der Waals surface area contributed by atoms with Gasteiger partial charge in [0.1, 0.15) is 17.5 Å². The second kappa shape index (κ2) is 10.5. The molecule has 0 radical (unpaired) electrons. The van der Waals surface area contributed by atoms with Crippen LogP contribution >= 0.6 is 0 Å². The standard InChI is InChI=1S/C19H19F5N4O2/c20-13-4-5-14(15(21)10-13)18(30)27-7-1-2-17(29)26-9-8-25-16-6-3-12(11-28-16)19(22,23)24/h3-6,10-11H,1-2,7-9H2,(H,25,28)(H,26,29)(H,27,30). The van der Waals surface area contributed by atoms with Gasteiger partial charge in [0.05, 0.1) is 11.1 Å². The van der Waals surface area contributed by atoms with Crippen molar-refractivity contribution in [2.75, 3.05) is 25.0 Å². The molecule has 162 valence electrons. The lowest BCUT2D eigenvalue weighted by atomic mass is 10.2. The average Bonchev–Trinajstić information content (AvgIpc) is 2.68. The summed E-state index contributed by atoms with van der Waals surface area (Å²) in [6.07, 6.45) is -3.34. The van der Waals surface area contributed by atoms with Gasteiger partial charge in [0.25, 0.3) is 5.91 Å². The largest absolute Gasteiger partial charge is 0.417 e. The normalized spacial score (nSPS) is 11.1. The predicted molar refractivity (Wildman–Crippen MR) is 98.7 cm³/mol. The minimum Gasteiger partial charge on any atom is -0.368 e. The molecule has 0 atom stereocenters. The number of alkyl halides is 3. The van der Waals surface area contributed by atoms with Gasteiger partial charge in [0.15, 0.2) is 0 Å². The summed E-state index contributed by atoms with van der Waals surface area (Å²) in [7, 11) is 0. The predicted octanol–water partition coefficient (Wildman–Crippen LogP) is 3.12. The quantitative estimate of drug-likeness (QED) is 0.422. The number of hydrogen-bond acceptors (Lipinski definition) is 4. The van der Waals surface area contributed by atoms with Crippen molar-refractivity contribution < 1.29 is 31.5 Å². The molecule has 11 heteroatoms. The fourth-order valence-electron chi connectivity index (χ4n) is 2.37. The highest BCUT2D eigenvalue weighted by molar-refractivity contribution is 5.94. The summed E-state index contributed by atoms with van der Waals surface area (Å²) >= 11 is 0. The minimum atomic E-state index is -4.45. The van der Waals surface area contributed by atoms with Crippen LogP contribution < -0.4 is 16.0 Å². The number of rotatable bonds is 9. The zero-order valence-corrected chi connectivity index (χ0v) is 15.7. The van der Waals surface area contributed by atoms with Crippen LogP contribution in [-0.4, -0.2) is 36.4 Å². The lowest BCUT2D eigenvalue weighted by molar-refractivity contribution is -0.137. The van der Waals surface area contributed by atoms with Gasteiger partial charge in [-0.05, 0) is 30.7 Å². The molecule has 1 heterocycles. The summed E-state index contributed by atoms with van der Waals surface area (Å²) in [5.41, 5.74) is -1.14. The van der Waals surface area contributed by atoms with E-state index in [4.69, 9.17) is 0 Å². The Balaban J connectivity index is 1.59. The first-order chi connectivity index (χ1) is 14.2. The molecular formula is C19H19F5N4O2. The van der Waals surface area contributed by atoms with Crippen LogP contribution in [0.15, 0.2) is 36.5 Å². The molecule has 6 nitrogen and oxygen atoms in total. The molecule has 0 unspecified atom stereocenters. The number of halogens is 5. The molecule has 2 amide bonds. The van der Waals surface area contributed by atoms with Crippen LogP contribution in [0, 0.1) is 11.6 Å². The SMILES string of the molecule is O=C(CCCNC(=O)c1ccc(F)cc1F)NCCNc1ccc(C(F)(F)F)cn1. The van der Waals surface area contributed by atoms with Crippen LogP contribution in [0.4, 0.5) is 27.8 Å². The molecule has 3 N–H and O–H groups in total. The van der Waals surface area contributed by atoms with Gasteiger partial charge in [-0.1, -0.05) is 0 Å². The number of anilines is 1. The maximum absolute atomic E-state index is 13.5. The van der Waals surface area contributed by atoms with E-state index in [1.165, 1.54) is 6.07 Å². The molecule has 1 aromatic heterocycles. The zero-order valence-electron chi connectivity index (χ0n) is 15.7. The van der Waals surface area contributed by atoms with Crippen molar-refractivity contribution in [2.45, 2.75) is 19.0 Å². The second-order valence-corrected chi connectivity index (χ2v) is 6.19. The number of hydrogen-bond donors (Lipinski definition) is 3. The molecule has 0 fully saturated rings. The molecule has 2 aromatic rings. The van der Waals surface area contributed by atoms with Gasteiger partial charge in [-0.25, -0.2) is 13.8 Å². The summed E-state index contributed by atoms with van der Waals surface area (Å²) < 4.78 is 63.6. The molecule has 0 aliphatic heterocycles. The van der Waals surface area contributed by atoms with Crippen molar-refractivity contribution >= 4 is 17.6 Å². The van der Waals surface area contributed by atoms with Gasteiger partial charge in [-0.2, -0.15) is 13.2 Å². The number of pyridine rings is 1. The molecule has 30 heavy (non-hydrogen) atoms.